The number of anilines is 1. The van der Waals surface area contributed by atoms with E-state index in [1.54, 1.807) is 24.5 Å². The van der Waals surface area contributed by atoms with Crippen LogP contribution in [-0.4, -0.2) is 12.5 Å². The van der Waals surface area contributed by atoms with E-state index in [9.17, 15) is 4.79 Å². The zero-order valence-corrected chi connectivity index (χ0v) is 21.0. The average molecular weight is 494 g/mol. The quantitative estimate of drug-likeness (QED) is 0.274. The van der Waals surface area contributed by atoms with Gasteiger partial charge in [-0.15, -0.1) is 0 Å². The Labute approximate surface area is 209 Å². The van der Waals surface area contributed by atoms with Crippen molar-refractivity contribution in [3.05, 3.63) is 87.6 Å². The number of nitrogens with one attached hydrogen (secondary N) is 1. The number of halogens is 2. The zero-order valence-electron chi connectivity index (χ0n) is 19.5. The molecule has 0 bridgehead atoms. The standard InChI is InChI=1S/C28H25Cl2NO3/c1-5-33-27-18(4)28-23(24(15-34-28)21-11-8-19(29)13-25(21)30)14-22(27)17(3)12-26(32)31-20-9-6-16(2)7-10-20/h6-15H,5H2,1-4H3,(H,31,32)/b17-12+. The van der Waals surface area contributed by atoms with Crippen molar-refractivity contribution in [2.75, 3.05) is 11.9 Å². The molecule has 0 aliphatic rings. The van der Waals surface area contributed by atoms with Gasteiger partial charge in [-0.25, -0.2) is 0 Å². The van der Waals surface area contributed by atoms with E-state index in [1.165, 1.54) is 0 Å². The number of benzene rings is 3. The van der Waals surface area contributed by atoms with Crippen LogP contribution >= 0.6 is 23.2 Å². The molecule has 1 heterocycles. The van der Waals surface area contributed by atoms with E-state index in [-0.39, 0.29) is 5.91 Å². The van der Waals surface area contributed by atoms with Gasteiger partial charge in [0.05, 0.1) is 17.9 Å². The third-order valence-electron chi connectivity index (χ3n) is 5.65. The molecule has 4 rings (SSSR count). The minimum atomic E-state index is -0.213. The predicted octanol–water partition coefficient (Wildman–Crippen LogP) is 8.46. The molecule has 0 saturated carbocycles. The van der Waals surface area contributed by atoms with Gasteiger partial charge in [-0.2, -0.15) is 0 Å². The lowest BCUT2D eigenvalue weighted by Gasteiger charge is -2.15. The molecule has 4 nitrogen and oxygen atoms in total. The van der Waals surface area contributed by atoms with Crippen LogP contribution in [0, 0.1) is 13.8 Å². The molecular weight excluding hydrogens is 469 g/mol. The number of amides is 1. The lowest BCUT2D eigenvalue weighted by molar-refractivity contribution is -0.111. The molecule has 0 spiro atoms. The van der Waals surface area contributed by atoms with E-state index in [1.807, 2.05) is 64.1 Å². The molecule has 0 aliphatic carbocycles. The maximum atomic E-state index is 12.7. The van der Waals surface area contributed by atoms with Crippen LogP contribution in [0.25, 0.3) is 27.7 Å². The van der Waals surface area contributed by atoms with Crippen molar-refractivity contribution in [1.29, 1.82) is 0 Å². The molecule has 3 aromatic carbocycles. The largest absolute Gasteiger partial charge is 0.493 e. The highest BCUT2D eigenvalue weighted by Gasteiger charge is 2.20. The molecule has 0 fully saturated rings. The van der Waals surface area contributed by atoms with E-state index >= 15 is 0 Å². The second-order valence-electron chi connectivity index (χ2n) is 8.14. The Morgan fingerprint density at radius 1 is 1.06 bits per heavy atom. The number of hydrogen-bond donors (Lipinski definition) is 1. The number of hydrogen-bond acceptors (Lipinski definition) is 3. The smallest absolute Gasteiger partial charge is 0.248 e. The molecule has 0 radical (unpaired) electrons. The van der Waals surface area contributed by atoms with Gasteiger partial charge in [-0.05, 0) is 63.6 Å². The fourth-order valence-corrected chi connectivity index (χ4v) is 4.46. The highest BCUT2D eigenvalue weighted by Crippen LogP contribution is 2.42. The van der Waals surface area contributed by atoms with Gasteiger partial charge in [0.2, 0.25) is 5.91 Å². The molecule has 1 aromatic heterocycles. The maximum Gasteiger partial charge on any atom is 0.248 e. The first-order chi connectivity index (χ1) is 16.3. The number of carbonyl (C=O) groups is 1. The maximum absolute atomic E-state index is 12.7. The van der Waals surface area contributed by atoms with Crippen LogP contribution < -0.4 is 10.1 Å². The summed E-state index contributed by atoms with van der Waals surface area (Å²) in [5, 5.41) is 4.90. The third-order valence-corrected chi connectivity index (χ3v) is 6.19. The molecule has 1 N–H and O–H groups in total. The van der Waals surface area contributed by atoms with E-state index in [0.717, 1.165) is 44.5 Å². The molecule has 34 heavy (non-hydrogen) atoms. The summed E-state index contributed by atoms with van der Waals surface area (Å²) < 4.78 is 11.9. The first-order valence-electron chi connectivity index (χ1n) is 11.0. The number of carbonyl (C=O) groups excluding carboxylic acids is 1. The van der Waals surface area contributed by atoms with Gasteiger partial charge in [-0.1, -0.05) is 47.0 Å². The first kappa shape index (κ1) is 23.9. The summed E-state index contributed by atoms with van der Waals surface area (Å²) in [6.45, 7) is 8.27. The molecule has 0 aliphatic heterocycles. The Morgan fingerprint density at radius 3 is 2.47 bits per heavy atom. The normalized spacial score (nSPS) is 11.6. The zero-order chi connectivity index (χ0) is 24.4. The van der Waals surface area contributed by atoms with Crippen LogP contribution in [0.4, 0.5) is 5.69 Å². The van der Waals surface area contributed by atoms with Crippen LogP contribution in [-0.2, 0) is 4.79 Å². The average Bonchev–Trinajstić information content (AvgIpc) is 3.21. The Kier molecular flexibility index (Phi) is 7.01. The van der Waals surface area contributed by atoms with E-state index in [2.05, 4.69) is 5.32 Å². The van der Waals surface area contributed by atoms with Gasteiger partial charge >= 0.3 is 0 Å². The Balaban J connectivity index is 1.79. The molecule has 0 saturated heterocycles. The molecule has 0 unspecified atom stereocenters. The van der Waals surface area contributed by atoms with Gasteiger partial charge in [0.1, 0.15) is 11.3 Å². The van der Waals surface area contributed by atoms with Gasteiger partial charge in [-0.3, -0.25) is 4.79 Å². The summed E-state index contributed by atoms with van der Waals surface area (Å²) in [5.41, 5.74) is 6.70. The monoisotopic (exact) mass is 493 g/mol. The number of furan rings is 1. The number of fused-ring (bicyclic) bond motifs is 1. The van der Waals surface area contributed by atoms with Gasteiger partial charge in [0.15, 0.2) is 0 Å². The fraction of sp³-hybridized carbons (Fsp3) is 0.179. The lowest BCUT2D eigenvalue weighted by Crippen LogP contribution is -2.09. The summed E-state index contributed by atoms with van der Waals surface area (Å²) >= 11 is 12.6. The molecule has 4 aromatic rings. The second kappa shape index (κ2) is 9.96. The van der Waals surface area contributed by atoms with Crippen LogP contribution in [0.2, 0.25) is 10.0 Å². The van der Waals surface area contributed by atoms with E-state index < -0.39 is 0 Å². The highest BCUT2D eigenvalue weighted by atomic mass is 35.5. The number of ether oxygens (including phenoxy) is 1. The number of allylic oxidation sites excluding steroid dienone is 1. The summed E-state index contributed by atoms with van der Waals surface area (Å²) in [7, 11) is 0. The first-order valence-corrected chi connectivity index (χ1v) is 11.7. The molecule has 1 amide bonds. The van der Waals surface area contributed by atoms with Gasteiger partial charge in [0, 0.05) is 44.4 Å². The Bertz CT molecular complexity index is 1400. The third kappa shape index (κ3) is 4.84. The number of aryl methyl sites for hydroxylation is 2. The van der Waals surface area contributed by atoms with Crippen molar-refractivity contribution < 1.29 is 13.9 Å². The van der Waals surface area contributed by atoms with Crippen molar-refractivity contribution in [2.24, 2.45) is 0 Å². The topological polar surface area (TPSA) is 51.5 Å². The Hall–Kier alpha value is -3.21. The minimum Gasteiger partial charge on any atom is -0.493 e. The minimum absolute atomic E-state index is 0.213. The summed E-state index contributed by atoms with van der Waals surface area (Å²) in [5.74, 6) is 0.477. The molecular formula is C28H25Cl2NO3. The fourth-order valence-electron chi connectivity index (χ4n) is 3.95. The molecule has 174 valence electrons. The van der Waals surface area contributed by atoms with Crippen LogP contribution in [0.15, 0.2) is 65.3 Å². The summed E-state index contributed by atoms with van der Waals surface area (Å²) in [6.07, 6.45) is 3.27. The van der Waals surface area contributed by atoms with Crippen molar-refractivity contribution in [1.82, 2.24) is 0 Å². The van der Waals surface area contributed by atoms with Crippen LogP contribution in [0.5, 0.6) is 5.75 Å². The molecule has 0 atom stereocenters. The van der Waals surface area contributed by atoms with E-state index in [0.29, 0.717) is 28.0 Å². The van der Waals surface area contributed by atoms with Crippen LogP contribution in [0.1, 0.15) is 30.5 Å². The predicted molar refractivity (Wildman–Crippen MR) is 141 cm³/mol. The lowest BCUT2D eigenvalue weighted by atomic mass is 9.96. The molecule has 6 heteroatoms. The Morgan fingerprint density at radius 2 is 1.79 bits per heavy atom. The van der Waals surface area contributed by atoms with Gasteiger partial charge < -0.3 is 14.5 Å². The van der Waals surface area contributed by atoms with Crippen molar-refractivity contribution >= 4 is 51.3 Å². The highest BCUT2D eigenvalue weighted by molar-refractivity contribution is 6.36. The number of rotatable bonds is 6. The van der Waals surface area contributed by atoms with Crippen molar-refractivity contribution in [2.45, 2.75) is 27.7 Å². The second-order valence-corrected chi connectivity index (χ2v) is 8.99. The van der Waals surface area contributed by atoms with Crippen molar-refractivity contribution in [3.8, 4) is 16.9 Å². The summed E-state index contributed by atoms with van der Waals surface area (Å²) in [6, 6.07) is 15.0. The van der Waals surface area contributed by atoms with E-state index in [4.69, 9.17) is 32.4 Å². The van der Waals surface area contributed by atoms with Crippen molar-refractivity contribution in [3.63, 3.8) is 0 Å². The SMILES string of the molecule is CCOc1c(/C(C)=C/C(=O)Nc2ccc(C)cc2)cc2c(-c3ccc(Cl)cc3Cl)coc2c1C. The van der Waals surface area contributed by atoms with Crippen LogP contribution in [0.3, 0.4) is 0 Å². The van der Waals surface area contributed by atoms with Gasteiger partial charge in [0.25, 0.3) is 0 Å². The summed E-state index contributed by atoms with van der Waals surface area (Å²) in [4.78, 5) is 12.7.